The van der Waals surface area contributed by atoms with Gasteiger partial charge in [0.25, 0.3) is 5.91 Å². The number of halogens is 1. The maximum Gasteiger partial charge on any atom is 0.278 e. The SMILES string of the molecule is Cc1nn(C(=O)c2ccc(COc3ccc4c(c3)CCC4)cc2)c(C)c1Cl. The molecule has 0 saturated carbocycles. The third-order valence-corrected chi connectivity index (χ3v) is 5.62. The van der Waals surface area contributed by atoms with Crippen LogP contribution in [-0.4, -0.2) is 15.7 Å². The number of aryl methyl sites for hydroxylation is 3. The molecule has 2 aromatic carbocycles. The van der Waals surface area contributed by atoms with Crippen molar-refractivity contribution in [3.8, 4) is 5.75 Å². The fourth-order valence-corrected chi connectivity index (χ4v) is 3.61. The van der Waals surface area contributed by atoms with Crippen molar-refractivity contribution in [3.63, 3.8) is 0 Å². The van der Waals surface area contributed by atoms with Crippen molar-refractivity contribution >= 4 is 17.5 Å². The van der Waals surface area contributed by atoms with Crippen molar-refractivity contribution in [2.75, 3.05) is 0 Å². The highest BCUT2D eigenvalue weighted by Crippen LogP contribution is 2.26. The maximum atomic E-state index is 12.6. The van der Waals surface area contributed by atoms with Crippen LogP contribution in [0.1, 0.15) is 44.9 Å². The van der Waals surface area contributed by atoms with E-state index < -0.39 is 0 Å². The lowest BCUT2D eigenvalue weighted by Gasteiger charge is -2.09. The van der Waals surface area contributed by atoms with Crippen LogP contribution in [0.25, 0.3) is 0 Å². The van der Waals surface area contributed by atoms with Gasteiger partial charge >= 0.3 is 0 Å². The van der Waals surface area contributed by atoms with Gasteiger partial charge in [0.1, 0.15) is 12.4 Å². The largest absolute Gasteiger partial charge is 0.489 e. The average Bonchev–Trinajstić information content (AvgIpc) is 3.26. The standard InChI is InChI=1S/C22H21ClN2O2/c1-14-21(23)15(2)25(24-14)22(26)18-8-6-16(7-9-18)13-27-20-11-10-17-4-3-5-19(17)12-20/h6-12H,3-5,13H2,1-2H3. The highest BCUT2D eigenvalue weighted by atomic mass is 35.5. The molecule has 0 unspecified atom stereocenters. The Morgan fingerprint density at radius 2 is 1.85 bits per heavy atom. The Balaban J connectivity index is 1.44. The molecule has 1 heterocycles. The normalized spacial score (nSPS) is 12.9. The van der Waals surface area contributed by atoms with E-state index in [0.29, 0.717) is 28.6 Å². The van der Waals surface area contributed by atoms with Crippen LogP contribution in [-0.2, 0) is 19.4 Å². The van der Waals surface area contributed by atoms with Crippen molar-refractivity contribution in [2.24, 2.45) is 0 Å². The van der Waals surface area contributed by atoms with Gasteiger partial charge in [-0.1, -0.05) is 29.8 Å². The zero-order chi connectivity index (χ0) is 19.0. The Morgan fingerprint density at radius 3 is 2.56 bits per heavy atom. The molecular weight excluding hydrogens is 360 g/mol. The van der Waals surface area contributed by atoms with Crippen LogP contribution in [0.2, 0.25) is 5.02 Å². The number of hydrogen-bond donors (Lipinski definition) is 0. The molecule has 0 spiro atoms. The molecule has 0 radical (unpaired) electrons. The van der Waals surface area contributed by atoms with E-state index in [1.807, 2.05) is 18.2 Å². The van der Waals surface area contributed by atoms with Crippen LogP contribution < -0.4 is 4.74 Å². The first-order valence-electron chi connectivity index (χ1n) is 9.13. The summed E-state index contributed by atoms with van der Waals surface area (Å²) in [6.07, 6.45) is 3.54. The van der Waals surface area contributed by atoms with E-state index in [0.717, 1.165) is 17.7 Å². The number of fused-ring (bicyclic) bond motifs is 1. The molecule has 4 nitrogen and oxygen atoms in total. The van der Waals surface area contributed by atoms with Crippen LogP contribution in [0.3, 0.4) is 0 Å². The molecule has 1 aromatic heterocycles. The highest BCUT2D eigenvalue weighted by molar-refractivity contribution is 6.32. The molecule has 0 saturated heterocycles. The van der Waals surface area contributed by atoms with Crippen LogP contribution in [0.4, 0.5) is 0 Å². The summed E-state index contributed by atoms with van der Waals surface area (Å²) >= 11 is 6.14. The number of ether oxygens (including phenoxy) is 1. The summed E-state index contributed by atoms with van der Waals surface area (Å²) in [7, 11) is 0. The molecule has 4 rings (SSSR count). The molecule has 0 aliphatic heterocycles. The van der Waals surface area contributed by atoms with E-state index in [9.17, 15) is 4.79 Å². The highest BCUT2D eigenvalue weighted by Gasteiger charge is 2.17. The minimum atomic E-state index is -0.186. The molecule has 0 amide bonds. The summed E-state index contributed by atoms with van der Waals surface area (Å²) in [4.78, 5) is 12.6. The summed E-state index contributed by atoms with van der Waals surface area (Å²) in [5.41, 5.74) is 5.73. The molecule has 0 atom stereocenters. The first kappa shape index (κ1) is 17.8. The van der Waals surface area contributed by atoms with E-state index in [1.54, 1.807) is 26.0 Å². The van der Waals surface area contributed by atoms with Gasteiger partial charge in [0.05, 0.1) is 16.4 Å². The number of nitrogens with zero attached hydrogens (tertiary/aromatic N) is 2. The van der Waals surface area contributed by atoms with Gasteiger partial charge < -0.3 is 4.74 Å². The topological polar surface area (TPSA) is 44.1 Å². The lowest BCUT2D eigenvalue weighted by Crippen LogP contribution is -2.15. The second-order valence-electron chi connectivity index (χ2n) is 6.97. The predicted molar refractivity (Wildman–Crippen MR) is 106 cm³/mol. The number of carbonyl (C=O) groups is 1. The second kappa shape index (κ2) is 7.20. The second-order valence-corrected chi connectivity index (χ2v) is 7.35. The maximum absolute atomic E-state index is 12.6. The van der Waals surface area contributed by atoms with Crippen LogP contribution in [0, 0.1) is 13.8 Å². The van der Waals surface area contributed by atoms with Crippen LogP contribution in [0.5, 0.6) is 5.75 Å². The van der Waals surface area contributed by atoms with Gasteiger partial charge in [0.2, 0.25) is 0 Å². The first-order chi connectivity index (χ1) is 13.0. The van der Waals surface area contributed by atoms with E-state index in [1.165, 1.54) is 28.7 Å². The van der Waals surface area contributed by atoms with Gasteiger partial charge in [-0.05, 0) is 74.1 Å². The number of hydrogen-bond acceptors (Lipinski definition) is 3. The molecule has 3 aromatic rings. The molecule has 0 bridgehead atoms. The fourth-order valence-electron chi connectivity index (χ4n) is 3.49. The fraction of sp³-hybridized carbons (Fsp3) is 0.273. The van der Waals surface area contributed by atoms with E-state index in [4.69, 9.17) is 16.3 Å². The first-order valence-corrected chi connectivity index (χ1v) is 9.50. The van der Waals surface area contributed by atoms with Crippen molar-refractivity contribution in [1.82, 2.24) is 9.78 Å². The third-order valence-electron chi connectivity index (χ3n) is 5.07. The van der Waals surface area contributed by atoms with Crippen LogP contribution in [0.15, 0.2) is 42.5 Å². The Morgan fingerprint density at radius 1 is 1.11 bits per heavy atom. The lowest BCUT2D eigenvalue weighted by molar-refractivity contribution is 0.0942. The van der Waals surface area contributed by atoms with E-state index in [-0.39, 0.29) is 5.91 Å². The van der Waals surface area contributed by atoms with Crippen LogP contribution >= 0.6 is 11.6 Å². The predicted octanol–water partition coefficient (Wildman–Crippen LogP) is 4.91. The van der Waals surface area contributed by atoms with E-state index >= 15 is 0 Å². The molecule has 0 fully saturated rings. The van der Waals surface area contributed by atoms with Crippen molar-refractivity contribution in [1.29, 1.82) is 0 Å². The average molecular weight is 381 g/mol. The van der Waals surface area contributed by atoms with Gasteiger partial charge in [0.15, 0.2) is 0 Å². The van der Waals surface area contributed by atoms with Gasteiger partial charge in [-0.3, -0.25) is 4.79 Å². The minimum Gasteiger partial charge on any atom is -0.489 e. The summed E-state index contributed by atoms with van der Waals surface area (Å²) in [6.45, 7) is 4.05. The Kier molecular flexibility index (Phi) is 4.75. The monoisotopic (exact) mass is 380 g/mol. The molecule has 27 heavy (non-hydrogen) atoms. The zero-order valence-electron chi connectivity index (χ0n) is 15.5. The quantitative estimate of drug-likeness (QED) is 0.646. The Bertz CT molecular complexity index is 1010. The number of rotatable bonds is 4. The van der Waals surface area contributed by atoms with Crippen molar-refractivity contribution in [2.45, 2.75) is 39.7 Å². The van der Waals surface area contributed by atoms with Gasteiger partial charge in [-0.2, -0.15) is 9.78 Å². The van der Waals surface area contributed by atoms with Gasteiger partial charge in [-0.15, -0.1) is 0 Å². The molecule has 1 aliphatic rings. The van der Waals surface area contributed by atoms with Gasteiger partial charge in [0, 0.05) is 5.56 Å². The minimum absolute atomic E-state index is 0.186. The van der Waals surface area contributed by atoms with Crippen molar-refractivity contribution < 1.29 is 9.53 Å². The number of carbonyl (C=O) groups excluding carboxylic acids is 1. The number of aromatic nitrogens is 2. The molecule has 5 heteroatoms. The lowest BCUT2D eigenvalue weighted by atomic mass is 10.1. The third kappa shape index (κ3) is 3.50. The summed E-state index contributed by atoms with van der Waals surface area (Å²) < 4.78 is 7.28. The van der Waals surface area contributed by atoms with Gasteiger partial charge in [-0.25, -0.2) is 0 Å². The Labute approximate surface area is 163 Å². The zero-order valence-corrected chi connectivity index (χ0v) is 16.2. The summed E-state index contributed by atoms with van der Waals surface area (Å²) in [6, 6.07) is 13.8. The molecule has 1 aliphatic carbocycles. The van der Waals surface area contributed by atoms with Crippen molar-refractivity contribution in [3.05, 3.63) is 81.1 Å². The molecular formula is C22H21ClN2O2. The molecule has 138 valence electrons. The number of benzene rings is 2. The smallest absolute Gasteiger partial charge is 0.278 e. The summed E-state index contributed by atoms with van der Waals surface area (Å²) in [5, 5.41) is 4.75. The van der Waals surface area contributed by atoms with E-state index in [2.05, 4.69) is 17.2 Å². The Hall–Kier alpha value is -2.59. The summed E-state index contributed by atoms with van der Waals surface area (Å²) in [5.74, 6) is 0.710. The molecule has 0 N–H and O–H groups in total.